The molecule has 0 aliphatic carbocycles. The van der Waals surface area contributed by atoms with Gasteiger partial charge in [0.05, 0.1) is 4.92 Å². The molecule has 0 radical (unpaired) electrons. The molecule has 110 valence electrons. The van der Waals surface area contributed by atoms with Gasteiger partial charge in [0.1, 0.15) is 0 Å². The van der Waals surface area contributed by atoms with Gasteiger partial charge in [0.15, 0.2) is 0 Å². The average Bonchev–Trinajstić information content (AvgIpc) is 2.91. The van der Waals surface area contributed by atoms with Gasteiger partial charge in [-0.05, 0) is 44.4 Å². The van der Waals surface area contributed by atoms with Gasteiger partial charge in [0.25, 0.3) is 5.69 Å². The van der Waals surface area contributed by atoms with Crippen LogP contribution >= 0.6 is 0 Å². The SMILES string of the molecule is CCCN(CC1CCCN1)c1ccc([N+](=O)[O-])cc1C. The second-order valence-electron chi connectivity index (χ2n) is 5.47. The summed E-state index contributed by atoms with van der Waals surface area (Å²) >= 11 is 0. The summed E-state index contributed by atoms with van der Waals surface area (Å²) in [4.78, 5) is 12.8. The molecule has 20 heavy (non-hydrogen) atoms. The molecule has 1 N–H and O–H groups in total. The third kappa shape index (κ3) is 3.48. The van der Waals surface area contributed by atoms with Crippen LogP contribution in [0.1, 0.15) is 31.7 Å². The molecule has 0 amide bonds. The Balaban J connectivity index is 2.17. The predicted octanol–water partition coefficient (Wildman–Crippen LogP) is 2.87. The van der Waals surface area contributed by atoms with E-state index in [1.165, 1.54) is 12.8 Å². The molecule has 1 unspecified atom stereocenters. The lowest BCUT2D eigenvalue weighted by atomic mass is 10.1. The van der Waals surface area contributed by atoms with Gasteiger partial charge < -0.3 is 10.2 Å². The number of non-ortho nitro benzene ring substituents is 1. The number of anilines is 1. The van der Waals surface area contributed by atoms with Gasteiger partial charge in [0.2, 0.25) is 0 Å². The molecule has 1 aromatic rings. The molecule has 1 aromatic carbocycles. The van der Waals surface area contributed by atoms with Crippen molar-refractivity contribution in [1.82, 2.24) is 5.32 Å². The van der Waals surface area contributed by atoms with Gasteiger partial charge in [0, 0.05) is 37.0 Å². The Bertz CT molecular complexity index is 470. The third-order valence-electron chi connectivity index (χ3n) is 3.83. The first-order chi connectivity index (χ1) is 9.61. The highest BCUT2D eigenvalue weighted by atomic mass is 16.6. The zero-order valence-corrected chi connectivity index (χ0v) is 12.3. The number of nitro groups is 1. The average molecular weight is 277 g/mol. The lowest BCUT2D eigenvalue weighted by Crippen LogP contribution is -2.38. The first-order valence-electron chi connectivity index (χ1n) is 7.35. The van der Waals surface area contributed by atoms with Gasteiger partial charge in [-0.1, -0.05) is 6.92 Å². The normalized spacial score (nSPS) is 18.2. The molecule has 0 aromatic heterocycles. The highest BCUT2D eigenvalue weighted by Gasteiger charge is 2.19. The van der Waals surface area contributed by atoms with E-state index in [1.807, 2.05) is 13.0 Å². The van der Waals surface area contributed by atoms with E-state index < -0.39 is 0 Å². The minimum atomic E-state index is -0.334. The van der Waals surface area contributed by atoms with Crippen LogP contribution in [0.3, 0.4) is 0 Å². The van der Waals surface area contributed by atoms with Crippen LogP contribution in [-0.2, 0) is 0 Å². The Morgan fingerprint density at radius 1 is 1.50 bits per heavy atom. The lowest BCUT2D eigenvalue weighted by molar-refractivity contribution is -0.384. The van der Waals surface area contributed by atoms with Crippen LogP contribution in [0, 0.1) is 17.0 Å². The summed E-state index contributed by atoms with van der Waals surface area (Å²) in [5, 5.41) is 14.3. The van der Waals surface area contributed by atoms with Crippen molar-refractivity contribution in [2.45, 2.75) is 39.2 Å². The maximum absolute atomic E-state index is 10.8. The number of nitrogens with one attached hydrogen (secondary N) is 1. The molecule has 5 nitrogen and oxygen atoms in total. The van der Waals surface area contributed by atoms with Crippen molar-refractivity contribution in [3.05, 3.63) is 33.9 Å². The summed E-state index contributed by atoms with van der Waals surface area (Å²) in [5.74, 6) is 0. The van der Waals surface area contributed by atoms with E-state index in [4.69, 9.17) is 0 Å². The second-order valence-corrected chi connectivity index (χ2v) is 5.47. The highest BCUT2D eigenvalue weighted by molar-refractivity contribution is 5.57. The molecule has 0 spiro atoms. The monoisotopic (exact) mass is 277 g/mol. The van der Waals surface area contributed by atoms with Crippen LogP contribution in [0.25, 0.3) is 0 Å². The summed E-state index contributed by atoms with van der Waals surface area (Å²) in [5.41, 5.74) is 2.26. The fraction of sp³-hybridized carbons (Fsp3) is 0.600. The third-order valence-corrected chi connectivity index (χ3v) is 3.83. The topological polar surface area (TPSA) is 58.4 Å². The van der Waals surface area contributed by atoms with Crippen molar-refractivity contribution in [3.8, 4) is 0 Å². The smallest absolute Gasteiger partial charge is 0.269 e. The fourth-order valence-electron chi connectivity index (χ4n) is 2.87. The predicted molar refractivity (Wildman–Crippen MR) is 81.4 cm³/mol. The zero-order chi connectivity index (χ0) is 14.5. The van der Waals surface area contributed by atoms with E-state index >= 15 is 0 Å². The number of hydrogen-bond acceptors (Lipinski definition) is 4. The van der Waals surface area contributed by atoms with Crippen molar-refractivity contribution in [1.29, 1.82) is 0 Å². The number of nitro benzene ring substituents is 1. The molecule has 2 rings (SSSR count). The number of aryl methyl sites for hydroxylation is 1. The van der Waals surface area contributed by atoms with Crippen molar-refractivity contribution in [2.24, 2.45) is 0 Å². The van der Waals surface area contributed by atoms with Crippen LogP contribution in [0.15, 0.2) is 18.2 Å². The standard InChI is InChI=1S/C15H23N3O2/c1-3-9-17(11-13-5-4-8-16-13)15-7-6-14(18(19)20)10-12(15)2/h6-7,10,13,16H,3-5,8-9,11H2,1-2H3. The van der Waals surface area contributed by atoms with Gasteiger partial charge in [-0.2, -0.15) is 0 Å². The Morgan fingerprint density at radius 3 is 2.85 bits per heavy atom. The largest absolute Gasteiger partial charge is 0.370 e. The Labute approximate surface area is 120 Å². The van der Waals surface area contributed by atoms with E-state index in [1.54, 1.807) is 12.1 Å². The number of hydrogen-bond donors (Lipinski definition) is 1. The van der Waals surface area contributed by atoms with Crippen molar-refractivity contribution < 1.29 is 4.92 Å². The van der Waals surface area contributed by atoms with Crippen LogP contribution in [0.4, 0.5) is 11.4 Å². The van der Waals surface area contributed by atoms with Crippen LogP contribution in [-0.4, -0.2) is 30.6 Å². The molecule has 5 heteroatoms. The molecular formula is C15H23N3O2. The van der Waals surface area contributed by atoms with Crippen LogP contribution in [0.5, 0.6) is 0 Å². The minimum absolute atomic E-state index is 0.168. The number of nitrogens with zero attached hydrogens (tertiary/aromatic N) is 2. The zero-order valence-electron chi connectivity index (χ0n) is 12.3. The van der Waals surface area contributed by atoms with E-state index in [9.17, 15) is 10.1 Å². The van der Waals surface area contributed by atoms with Crippen LogP contribution in [0.2, 0.25) is 0 Å². The summed E-state index contributed by atoms with van der Waals surface area (Å²) in [6, 6.07) is 5.70. The second kappa shape index (κ2) is 6.70. The van der Waals surface area contributed by atoms with E-state index in [2.05, 4.69) is 17.1 Å². The minimum Gasteiger partial charge on any atom is -0.370 e. The molecule has 0 saturated carbocycles. The molecule has 1 saturated heterocycles. The van der Waals surface area contributed by atoms with Crippen LogP contribution < -0.4 is 10.2 Å². The Morgan fingerprint density at radius 2 is 2.30 bits per heavy atom. The van der Waals surface area contributed by atoms with Gasteiger partial charge in [-0.3, -0.25) is 10.1 Å². The molecule has 1 aliphatic rings. The number of rotatable bonds is 6. The maximum atomic E-state index is 10.8. The molecule has 1 heterocycles. The van der Waals surface area contributed by atoms with Gasteiger partial charge in [-0.15, -0.1) is 0 Å². The highest BCUT2D eigenvalue weighted by Crippen LogP contribution is 2.25. The van der Waals surface area contributed by atoms with E-state index in [-0.39, 0.29) is 10.6 Å². The quantitative estimate of drug-likeness (QED) is 0.641. The van der Waals surface area contributed by atoms with Crippen molar-refractivity contribution in [3.63, 3.8) is 0 Å². The molecular weight excluding hydrogens is 254 g/mol. The first kappa shape index (κ1) is 14.8. The van der Waals surface area contributed by atoms with E-state index in [0.29, 0.717) is 6.04 Å². The van der Waals surface area contributed by atoms with Gasteiger partial charge >= 0.3 is 0 Å². The first-order valence-corrected chi connectivity index (χ1v) is 7.35. The summed E-state index contributed by atoms with van der Waals surface area (Å²) < 4.78 is 0. The Kier molecular flexibility index (Phi) is 4.95. The number of benzene rings is 1. The van der Waals surface area contributed by atoms with E-state index in [0.717, 1.165) is 37.3 Å². The fourth-order valence-corrected chi connectivity index (χ4v) is 2.87. The van der Waals surface area contributed by atoms with Crippen molar-refractivity contribution >= 4 is 11.4 Å². The maximum Gasteiger partial charge on any atom is 0.269 e. The summed E-state index contributed by atoms with van der Waals surface area (Å²) in [6.07, 6.45) is 3.53. The molecule has 1 aliphatic heterocycles. The molecule has 1 atom stereocenters. The van der Waals surface area contributed by atoms with Gasteiger partial charge in [-0.25, -0.2) is 0 Å². The van der Waals surface area contributed by atoms with Crippen molar-refractivity contribution in [2.75, 3.05) is 24.5 Å². The summed E-state index contributed by atoms with van der Waals surface area (Å²) in [7, 11) is 0. The lowest BCUT2D eigenvalue weighted by Gasteiger charge is -2.29. The molecule has 1 fully saturated rings. The summed E-state index contributed by atoms with van der Waals surface area (Å²) in [6.45, 7) is 7.18. The molecule has 0 bridgehead atoms. The Hall–Kier alpha value is -1.62.